The van der Waals surface area contributed by atoms with Gasteiger partial charge < -0.3 is 15.0 Å². The Balaban J connectivity index is 1.69. The Bertz CT molecular complexity index is 1270. The fraction of sp³-hybridized carbons (Fsp3) is 0.375. The third-order valence-electron chi connectivity index (χ3n) is 5.93. The van der Waals surface area contributed by atoms with Crippen molar-refractivity contribution in [3.8, 4) is 0 Å². The van der Waals surface area contributed by atoms with Gasteiger partial charge in [-0.25, -0.2) is 8.42 Å². The number of methoxy groups -OCH3 is 1. The maximum atomic E-state index is 13.2. The summed E-state index contributed by atoms with van der Waals surface area (Å²) < 4.78 is 69.1. The highest BCUT2D eigenvalue weighted by Gasteiger charge is 2.35. The fourth-order valence-electron chi connectivity index (χ4n) is 3.87. The minimum absolute atomic E-state index is 0.0181. The van der Waals surface area contributed by atoms with Gasteiger partial charge in [0.2, 0.25) is 15.9 Å². The Morgan fingerprint density at radius 3 is 2.43 bits per heavy atom. The molecule has 2 amide bonds. The molecule has 0 radical (unpaired) electrons. The van der Waals surface area contributed by atoms with E-state index in [1.165, 1.54) is 48.3 Å². The van der Waals surface area contributed by atoms with Gasteiger partial charge >= 0.3 is 12.1 Å². The van der Waals surface area contributed by atoms with Crippen LogP contribution in [0.15, 0.2) is 53.4 Å². The lowest BCUT2D eigenvalue weighted by atomic mass is 10.1. The van der Waals surface area contributed by atoms with Crippen LogP contribution in [0.5, 0.6) is 0 Å². The predicted molar refractivity (Wildman–Crippen MR) is 126 cm³/mol. The molecule has 9 nitrogen and oxygen atoms in total. The molecule has 1 aliphatic rings. The fourth-order valence-corrected chi connectivity index (χ4v) is 5.03. The molecule has 2 aromatic carbocycles. The molecule has 1 heterocycles. The van der Waals surface area contributed by atoms with Gasteiger partial charge in [-0.1, -0.05) is 18.2 Å². The van der Waals surface area contributed by atoms with Crippen LogP contribution in [-0.2, 0) is 37.1 Å². The molecule has 0 aliphatic carbocycles. The van der Waals surface area contributed by atoms with E-state index in [1.807, 2.05) is 0 Å². The summed E-state index contributed by atoms with van der Waals surface area (Å²) in [5.74, 6) is -1.76. The van der Waals surface area contributed by atoms with Gasteiger partial charge in [0.25, 0.3) is 5.91 Å². The number of hydrogen-bond donors (Lipinski definition) is 1. The molecule has 37 heavy (non-hydrogen) atoms. The van der Waals surface area contributed by atoms with Gasteiger partial charge in [0.05, 0.1) is 17.6 Å². The molecule has 0 aromatic heterocycles. The molecule has 3 rings (SSSR count). The van der Waals surface area contributed by atoms with Crippen LogP contribution in [0.1, 0.15) is 34.3 Å². The lowest BCUT2D eigenvalue weighted by molar-refractivity contribution is -0.140. The van der Waals surface area contributed by atoms with Crippen molar-refractivity contribution >= 4 is 27.8 Å². The number of amides is 2. The van der Waals surface area contributed by atoms with Crippen LogP contribution in [-0.4, -0.2) is 68.7 Å². The summed E-state index contributed by atoms with van der Waals surface area (Å²) in [6.07, 6.45) is -3.53. The van der Waals surface area contributed by atoms with Gasteiger partial charge in [-0.05, 0) is 48.7 Å². The van der Waals surface area contributed by atoms with E-state index in [0.717, 1.165) is 23.5 Å². The van der Waals surface area contributed by atoms with Crippen LogP contribution in [0.25, 0.3) is 0 Å². The molecule has 200 valence electrons. The molecule has 1 saturated heterocycles. The summed E-state index contributed by atoms with van der Waals surface area (Å²) >= 11 is 0. The van der Waals surface area contributed by atoms with Gasteiger partial charge in [0.1, 0.15) is 12.6 Å². The van der Waals surface area contributed by atoms with E-state index >= 15 is 0 Å². The van der Waals surface area contributed by atoms with E-state index < -0.39 is 52.1 Å². The molecule has 1 aliphatic heterocycles. The predicted octanol–water partition coefficient (Wildman–Crippen LogP) is 2.42. The number of nitrogens with zero attached hydrogens (tertiary/aromatic N) is 2. The first-order valence-electron chi connectivity index (χ1n) is 11.2. The Morgan fingerprint density at radius 2 is 1.81 bits per heavy atom. The first-order chi connectivity index (χ1) is 17.3. The third-order valence-corrected chi connectivity index (χ3v) is 7.73. The summed E-state index contributed by atoms with van der Waals surface area (Å²) in [6, 6.07) is 8.86. The van der Waals surface area contributed by atoms with Crippen LogP contribution in [0.2, 0.25) is 0 Å². The largest absolute Gasteiger partial charge is 0.468 e. The zero-order valence-electron chi connectivity index (χ0n) is 20.1. The molecule has 0 saturated carbocycles. The lowest BCUT2D eigenvalue weighted by Gasteiger charge is -2.24. The Morgan fingerprint density at radius 1 is 1.14 bits per heavy atom. The number of benzene rings is 2. The van der Waals surface area contributed by atoms with Gasteiger partial charge in [0.15, 0.2) is 0 Å². The van der Waals surface area contributed by atoms with Gasteiger partial charge in [-0.3, -0.25) is 14.4 Å². The molecular weight excluding hydrogens is 515 g/mol. The van der Waals surface area contributed by atoms with Crippen molar-refractivity contribution in [1.29, 1.82) is 0 Å². The average Bonchev–Trinajstić information content (AvgIpc) is 3.36. The van der Waals surface area contributed by atoms with Crippen molar-refractivity contribution in [3.05, 3.63) is 65.2 Å². The number of carbonyl (C=O) groups excluding carboxylic acids is 3. The van der Waals surface area contributed by atoms with Gasteiger partial charge in [-0.15, -0.1) is 0 Å². The number of likely N-dealkylation sites (N-methyl/N-ethyl adjacent to an activating group) is 1. The summed E-state index contributed by atoms with van der Waals surface area (Å²) in [6.45, 7) is -0.253. The number of nitrogens with one attached hydrogen (secondary N) is 1. The number of sulfonamides is 1. The normalized spacial score (nSPS) is 16.1. The highest BCUT2D eigenvalue weighted by atomic mass is 32.2. The zero-order valence-corrected chi connectivity index (χ0v) is 20.9. The average molecular weight is 542 g/mol. The van der Waals surface area contributed by atoms with E-state index in [9.17, 15) is 36.0 Å². The summed E-state index contributed by atoms with van der Waals surface area (Å²) in [5, 5.41) is 2.65. The van der Waals surface area contributed by atoms with Crippen molar-refractivity contribution < 1.29 is 40.7 Å². The quantitative estimate of drug-likeness (QED) is 0.514. The van der Waals surface area contributed by atoms with Crippen molar-refractivity contribution in [2.45, 2.75) is 36.5 Å². The number of rotatable bonds is 8. The molecule has 0 spiro atoms. The SMILES string of the molecule is COC(=O)CN(C)S(=O)(=O)c1cccc(C(=O)N2CCC[C@@H]2C(=O)NCc2ccc(C(F)(F)F)cc2)c1. The van der Waals surface area contributed by atoms with E-state index in [0.29, 0.717) is 18.4 Å². The molecule has 2 aromatic rings. The summed E-state index contributed by atoms with van der Waals surface area (Å²) in [4.78, 5) is 38.6. The Labute approximate surface area is 212 Å². The molecule has 0 unspecified atom stereocenters. The second kappa shape index (κ2) is 11.3. The highest BCUT2D eigenvalue weighted by molar-refractivity contribution is 7.89. The van der Waals surface area contributed by atoms with Crippen LogP contribution >= 0.6 is 0 Å². The molecule has 1 fully saturated rings. The zero-order chi connectivity index (χ0) is 27.4. The number of esters is 1. The molecule has 0 bridgehead atoms. The maximum Gasteiger partial charge on any atom is 0.416 e. The summed E-state index contributed by atoms with van der Waals surface area (Å²) in [7, 11) is -1.75. The molecule has 1 N–H and O–H groups in total. The summed E-state index contributed by atoms with van der Waals surface area (Å²) in [5.41, 5.74) is -0.280. The van der Waals surface area contributed by atoms with Crippen molar-refractivity contribution in [2.24, 2.45) is 0 Å². The number of ether oxygens (including phenoxy) is 1. The minimum atomic E-state index is -4.46. The van der Waals surface area contributed by atoms with Crippen molar-refractivity contribution in [1.82, 2.24) is 14.5 Å². The van der Waals surface area contributed by atoms with Crippen molar-refractivity contribution in [2.75, 3.05) is 27.2 Å². The number of alkyl halides is 3. The highest BCUT2D eigenvalue weighted by Crippen LogP contribution is 2.29. The maximum absolute atomic E-state index is 13.2. The Hall–Kier alpha value is -3.45. The second-order valence-corrected chi connectivity index (χ2v) is 10.5. The van der Waals surface area contributed by atoms with E-state index in [4.69, 9.17) is 0 Å². The minimum Gasteiger partial charge on any atom is -0.468 e. The lowest BCUT2D eigenvalue weighted by Crippen LogP contribution is -2.45. The first kappa shape index (κ1) is 28.1. The van der Waals surface area contributed by atoms with E-state index in [-0.39, 0.29) is 23.5 Å². The van der Waals surface area contributed by atoms with E-state index in [1.54, 1.807) is 0 Å². The van der Waals surface area contributed by atoms with Crippen LogP contribution < -0.4 is 5.32 Å². The molecular formula is C24H26F3N3O6S. The van der Waals surface area contributed by atoms with Crippen LogP contribution in [0.3, 0.4) is 0 Å². The van der Waals surface area contributed by atoms with Gasteiger partial charge in [0, 0.05) is 25.7 Å². The van der Waals surface area contributed by atoms with Crippen LogP contribution in [0.4, 0.5) is 13.2 Å². The number of halogens is 3. The molecule has 1 atom stereocenters. The van der Waals surface area contributed by atoms with E-state index in [2.05, 4.69) is 10.1 Å². The second-order valence-electron chi connectivity index (χ2n) is 8.43. The first-order valence-corrected chi connectivity index (χ1v) is 12.7. The number of likely N-dealkylation sites (tertiary alicyclic amines) is 1. The van der Waals surface area contributed by atoms with Crippen LogP contribution in [0, 0.1) is 0 Å². The van der Waals surface area contributed by atoms with Gasteiger partial charge in [-0.2, -0.15) is 17.5 Å². The standard InChI is InChI=1S/C24H26F3N3O6S/c1-29(15-21(31)36-2)37(34,35)19-6-3-5-17(13-19)23(33)30-12-4-7-20(30)22(32)28-14-16-8-10-18(11-9-16)24(25,26)27/h3,5-6,8-11,13,20H,4,7,12,14-15H2,1-2H3,(H,28,32)/t20-/m1/s1. The number of hydrogen-bond acceptors (Lipinski definition) is 6. The topological polar surface area (TPSA) is 113 Å². The third kappa shape index (κ3) is 6.66. The number of carbonyl (C=O) groups is 3. The smallest absolute Gasteiger partial charge is 0.416 e. The van der Waals surface area contributed by atoms with Crippen molar-refractivity contribution in [3.63, 3.8) is 0 Å². The Kier molecular flexibility index (Phi) is 8.59. The monoisotopic (exact) mass is 541 g/mol. The molecule has 13 heteroatoms.